The molecule has 0 aromatic heterocycles. The predicted octanol–water partition coefficient (Wildman–Crippen LogP) is 6.35. The van der Waals surface area contributed by atoms with Crippen LogP contribution in [0.4, 0.5) is 0 Å². The zero-order valence-corrected chi connectivity index (χ0v) is 36.0. The van der Waals surface area contributed by atoms with Crippen LogP contribution in [-0.4, -0.2) is 3.21 Å². The average molecular weight is 785 g/mol. The summed E-state index contributed by atoms with van der Waals surface area (Å²) in [6, 6.07) is 25.6. The van der Waals surface area contributed by atoms with E-state index in [0.717, 1.165) is 24.2 Å². The van der Waals surface area contributed by atoms with E-state index in [0.29, 0.717) is 11.3 Å². The molecule has 3 heteroatoms. The van der Waals surface area contributed by atoms with Gasteiger partial charge in [0.25, 0.3) is 0 Å². The first-order valence-electron chi connectivity index (χ1n) is 18.7. The topological polar surface area (TPSA) is 0 Å². The van der Waals surface area contributed by atoms with E-state index < -0.39 is 0 Å². The van der Waals surface area contributed by atoms with Gasteiger partial charge in [0.15, 0.2) is 0 Å². The Kier molecular flexibility index (Phi) is 13.4. The molecule has 3 aromatic carbocycles. The number of fused-ring (bicyclic) bond motifs is 3. The molecule has 4 saturated carbocycles. The van der Waals surface area contributed by atoms with Crippen LogP contribution in [-0.2, 0) is 41.5 Å². The zero-order valence-electron chi connectivity index (χ0n) is 32.1. The number of hydrogen-bond donors (Lipinski definition) is 0. The quantitative estimate of drug-likeness (QED) is 0.213. The second kappa shape index (κ2) is 16.2. The molecule has 0 spiro atoms. The van der Waals surface area contributed by atoms with Crippen molar-refractivity contribution in [2.75, 3.05) is 0 Å². The Morgan fingerprint density at radius 1 is 0.800 bits per heavy atom. The number of allylic oxidation sites excluding steroid dienone is 4. The van der Waals surface area contributed by atoms with Crippen molar-refractivity contribution in [1.82, 2.24) is 0 Å². The third-order valence-corrected chi connectivity index (χ3v) is 12.5. The maximum Gasteiger partial charge on any atom is -1.00 e. The molecule has 1 atom stereocenters. The van der Waals surface area contributed by atoms with Crippen molar-refractivity contribution >= 4 is 3.21 Å². The fourth-order valence-corrected chi connectivity index (χ4v) is 10.1. The Morgan fingerprint density at radius 2 is 1.38 bits per heavy atom. The molecule has 0 nitrogen and oxygen atoms in total. The number of rotatable bonds is 3. The molecule has 1 unspecified atom stereocenters. The van der Waals surface area contributed by atoms with Crippen LogP contribution in [0.1, 0.15) is 135 Å². The van der Waals surface area contributed by atoms with Crippen molar-refractivity contribution in [3.05, 3.63) is 118 Å². The van der Waals surface area contributed by atoms with Gasteiger partial charge >= 0.3 is 70.3 Å². The van der Waals surface area contributed by atoms with E-state index in [1.807, 2.05) is 6.07 Å². The molecule has 0 heterocycles. The van der Waals surface area contributed by atoms with Crippen LogP contribution in [0.3, 0.4) is 0 Å². The third kappa shape index (κ3) is 9.52. The number of benzene rings is 3. The summed E-state index contributed by atoms with van der Waals surface area (Å²) in [6.07, 6.45) is 17.8. The Balaban J connectivity index is 0.000000177. The van der Waals surface area contributed by atoms with Crippen LogP contribution in [0.2, 0.25) is 0 Å². The summed E-state index contributed by atoms with van der Waals surface area (Å²) in [5.41, 5.74) is 13.9. The molecule has 4 bridgehead atoms. The SMILES string of the molecule is CC(C)(C)c1[c-]c2c(cc1)-c1ccc(C(C)(C)C)cc1C2.CC1=[C-]C(C)C=C1CC12CC3CC(CC(C3)C1)C2.C[C](=[Zr+2])c1ccccc1.[Cl-].[Cl-]. The van der Waals surface area contributed by atoms with E-state index in [1.54, 1.807) is 44.1 Å². The molecule has 6 aliphatic carbocycles. The van der Waals surface area contributed by atoms with Gasteiger partial charge in [-0.2, -0.15) is 35.4 Å². The van der Waals surface area contributed by atoms with Gasteiger partial charge in [0.1, 0.15) is 0 Å². The van der Waals surface area contributed by atoms with Gasteiger partial charge in [0.2, 0.25) is 0 Å². The first-order valence-corrected chi connectivity index (χ1v) is 19.9. The van der Waals surface area contributed by atoms with Gasteiger partial charge in [-0.05, 0) is 90.1 Å². The first kappa shape index (κ1) is 41.2. The summed E-state index contributed by atoms with van der Waals surface area (Å²) in [5.74, 6) is 3.82. The van der Waals surface area contributed by atoms with Crippen LogP contribution < -0.4 is 24.8 Å². The Morgan fingerprint density at radius 3 is 1.86 bits per heavy atom. The van der Waals surface area contributed by atoms with E-state index >= 15 is 0 Å². The van der Waals surface area contributed by atoms with Crippen molar-refractivity contribution in [3.8, 4) is 11.1 Å². The smallest absolute Gasteiger partial charge is 1.00 e. The molecule has 0 radical (unpaired) electrons. The Bertz CT molecular complexity index is 1620. The van der Waals surface area contributed by atoms with Crippen LogP contribution in [0.5, 0.6) is 0 Å². The third-order valence-electron chi connectivity index (χ3n) is 11.8. The van der Waals surface area contributed by atoms with Crippen LogP contribution in [0.25, 0.3) is 11.1 Å². The summed E-state index contributed by atoms with van der Waals surface area (Å²) in [4.78, 5) is 0. The number of hydrogen-bond acceptors (Lipinski definition) is 0. The van der Waals surface area contributed by atoms with E-state index in [4.69, 9.17) is 0 Å². The van der Waals surface area contributed by atoms with Crippen LogP contribution in [0, 0.1) is 41.2 Å². The standard InChI is InChI=1S/C21H25.C18H25.C8H8.2ClH.Zr/c1-20(2,3)16-7-9-18-14(12-16)11-15-13-17(21(4,5)6)8-10-19(15)18;1-12-3-13(2)17(4-12)11-18-8-14-5-15(9-18)7-16(6-14)10-18;1-2-8-6-4-3-5-7-8;;;/h7-10,12H,11H2,1-6H3;4,12,14-16H,5-11H2,1-2H3;3-7H,1H3;2*1H;/q2*-1;;;;+2/p-2. The van der Waals surface area contributed by atoms with Crippen molar-refractivity contribution in [1.29, 1.82) is 0 Å². The van der Waals surface area contributed by atoms with Crippen molar-refractivity contribution in [3.63, 3.8) is 0 Å². The minimum atomic E-state index is 0. The van der Waals surface area contributed by atoms with Gasteiger partial charge in [0.05, 0.1) is 0 Å². The molecule has 0 saturated heterocycles. The molecule has 0 N–H and O–H groups in total. The van der Waals surface area contributed by atoms with Crippen molar-refractivity contribution in [2.45, 2.75) is 125 Å². The zero-order chi connectivity index (χ0) is 34.4. The molecule has 266 valence electrons. The molecule has 3 aromatic rings. The monoisotopic (exact) mass is 782 g/mol. The second-order valence-electron chi connectivity index (χ2n) is 18.1. The van der Waals surface area contributed by atoms with Gasteiger partial charge in [-0.25, -0.2) is 5.57 Å². The summed E-state index contributed by atoms with van der Waals surface area (Å²) in [7, 11) is 0. The molecule has 4 fully saturated rings. The summed E-state index contributed by atoms with van der Waals surface area (Å²) in [5, 5.41) is 0. The average Bonchev–Trinajstić information content (AvgIpc) is 3.53. The van der Waals surface area contributed by atoms with Gasteiger partial charge < -0.3 is 24.8 Å². The summed E-state index contributed by atoms with van der Waals surface area (Å²) >= 11 is 1.51. The Labute approximate surface area is 332 Å². The minimum Gasteiger partial charge on any atom is -1.00 e. The molecule has 9 rings (SSSR count). The van der Waals surface area contributed by atoms with Crippen LogP contribution >= 0.6 is 0 Å². The van der Waals surface area contributed by atoms with Crippen LogP contribution in [0.15, 0.2) is 77.9 Å². The molecule has 50 heavy (non-hydrogen) atoms. The fourth-order valence-electron chi connectivity index (χ4n) is 9.72. The molecule has 6 aliphatic rings. The van der Waals surface area contributed by atoms with E-state index in [-0.39, 0.29) is 35.6 Å². The van der Waals surface area contributed by atoms with Gasteiger partial charge in [-0.3, -0.25) is 6.08 Å². The maximum atomic E-state index is 3.67. The molecule has 0 aliphatic heterocycles. The summed E-state index contributed by atoms with van der Waals surface area (Å²) < 4.78 is 1.46. The largest absolute Gasteiger partial charge is 1.00 e. The molecular formula is C47H58Cl2Zr-2. The van der Waals surface area contributed by atoms with Crippen molar-refractivity contribution < 1.29 is 49.0 Å². The molecular weight excluding hydrogens is 727 g/mol. The maximum absolute atomic E-state index is 3.67. The predicted molar refractivity (Wildman–Crippen MR) is 202 cm³/mol. The first-order chi connectivity index (χ1) is 22.6. The normalized spacial score (nSPS) is 25.3. The molecule has 0 amide bonds. The Hall–Kier alpha value is -1.53. The number of halogens is 2. The second-order valence-corrected chi connectivity index (χ2v) is 20.0. The minimum absolute atomic E-state index is 0. The van der Waals surface area contributed by atoms with Gasteiger partial charge in [-0.1, -0.05) is 91.5 Å². The van der Waals surface area contributed by atoms with Gasteiger partial charge in [-0.15, -0.1) is 11.1 Å². The van der Waals surface area contributed by atoms with Crippen molar-refractivity contribution in [2.24, 2.45) is 29.1 Å². The summed E-state index contributed by atoms with van der Waals surface area (Å²) in [6.45, 7) is 20.3. The van der Waals surface area contributed by atoms with Gasteiger partial charge in [0, 0.05) is 0 Å². The fraction of sp³-hybridized carbons (Fsp3) is 0.511. The van der Waals surface area contributed by atoms with E-state index in [2.05, 4.69) is 135 Å². The van der Waals surface area contributed by atoms with E-state index in [1.165, 1.54) is 78.4 Å². The van der Waals surface area contributed by atoms with E-state index in [9.17, 15) is 0 Å².